The highest BCUT2D eigenvalue weighted by atomic mass is 35.5. The van der Waals surface area contributed by atoms with Gasteiger partial charge in [0.15, 0.2) is 6.07 Å². The van der Waals surface area contributed by atoms with E-state index in [0.29, 0.717) is 32.9 Å². The van der Waals surface area contributed by atoms with Crippen molar-refractivity contribution in [2.75, 3.05) is 0 Å². The van der Waals surface area contributed by atoms with Gasteiger partial charge >= 0.3 is 11.4 Å². The van der Waals surface area contributed by atoms with E-state index in [-0.39, 0.29) is 0 Å². The number of nitro benzene ring substituents is 3. The lowest BCUT2D eigenvalue weighted by molar-refractivity contribution is -0.403. The van der Waals surface area contributed by atoms with Crippen LogP contribution in [0.2, 0.25) is 5.02 Å². The minimum absolute atomic E-state index is 0.416. The zero-order valence-corrected chi connectivity index (χ0v) is 15.0. The van der Waals surface area contributed by atoms with Gasteiger partial charge in [-0.3, -0.25) is 34.9 Å². The normalized spacial score (nSPS) is 11.1. The van der Waals surface area contributed by atoms with Crippen molar-refractivity contribution in [3.8, 4) is 5.69 Å². The first kappa shape index (κ1) is 18.3. The van der Waals surface area contributed by atoms with Gasteiger partial charge < -0.3 is 0 Å². The molecule has 29 heavy (non-hydrogen) atoms. The predicted molar refractivity (Wildman–Crippen MR) is 105 cm³/mol. The van der Waals surface area contributed by atoms with Gasteiger partial charge in [0, 0.05) is 15.8 Å². The zero-order valence-electron chi connectivity index (χ0n) is 14.2. The van der Waals surface area contributed by atoms with Gasteiger partial charge in [0.1, 0.15) is 0 Å². The van der Waals surface area contributed by atoms with E-state index in [0.717, 1.165) is 0 Å². The lowest BCUT2D eigenvalue weighted by Gasteiger charge is -2.09. The molecule has 0 N–H and O–H groups in total. The van der Waals surface area contributed by atoms with Crippen molar-refractivity contribution in [3.05, 3.63) is 90.0 Å². The van der Waals surface area contributed by atoms with Crippen LogP contribution in [0.5, 0.6) is 0 Å². The van der Waals surface area contributed by atoms with Crippen molar-refractivity contribution in [2.24, 2.45) is 0 Å². The fourth-order valence-electron chi connectivity index (χ4n) is 3.31. The van der Waals surface area contributed by atoms with E-state index in [9.17, 15) is 30.3 Å². The van der Waals surface area contributed by atoms with Gasteiger partial charge in [-0.15, -0.1) is 0 Å². The summed E-state index contributed by atoms with van der Waals surface area (Å²) in [5, 5.41) is 36.2. The van der Waals surface area contributed by atoms with Crippen molar-refractivity contribution in [3.63, 3.8) is 0 Å². The Morgan fingerprint density at radius 2 is 1.52 bits per heavy atom. The van der Waals surface area contributed by atoms with Crippen LogP contribution in [0.1, 0.15) is 0 Å². The number of hydrogen-bond donors (Lipinski definition) is 0. The van der Waals surface area contributed by atoms with Crippen LogP contribution in [0, 0.1) is 36.4 Å². The molecule has 4 rings (SSSR count). The molecule has 1 heterocycles. The summed E-state index contributed by atoms with van der Waals surface area (Å²) < 4.78 is 1.33. The highest BCUT2D eigenvalue weighted by molar-refractivity contribution is 6.32. The molecule has 0 aliphatic heterocycles. The summed E-state index contributed by atoms with van der Waals surface area (Å²) in [5.74, 6) is 0. The van der Waals surface area contributed by atoms with Gasteiger partial charge in [0.2, 0.25) is 5.69 Å². The van der Waals surface area contributed by atoms with Crippen LogP contribution in [0.3, 0.4) is 0 Å². The summed E-state index contributed by atoms with van der Waals surface area (Å²) in [6.07, 6.45) is 0. The number of rotatable bonds is 4. The average molecular weight is 412 g/mol. The second-order valence-corrected chi connectivity index (χ2v) is 6.46. The van der Waals surface area contributed by atoms with Crippen molar-refractivity contribution in [2.45, 2.75) is 0 Å². The third-order valence-electron chi connectivity index (χ3n) is 4.42. The second-order valence-electron chi connectivity index (χ2n) is 6.02. The molecule has 0 bridgehead atoms. The first-order valence-electron chi connectivity index (χ1n) is 8.02. The average Bonchev–Trinajstić information content (AvgIpc) is 3.00. The molecule has 3 aromatic carbocycles. The van der Waals surface area contributed by atoms with E-state index >= 15 is 0 Å². The minimum atomic E-state index is -0.963. The third-order valence-corrected chi connectivity index (χ3v) is 4.66. The maximum Gasteiger partial charge on any atom is 0.315 e. The zero-order chi connectivity index (χ0) is 20.9. The van der Waals surface area contributed by atoms with Gasteiger partial charge in [0.25, 0.3) is 5.69 Å². The fraction of sp³-hybridized carbons (Fsp3) is 0. The van der Waals surface area contributed by atoms with Crippen molar-refractivity contribution < 1.29 is 14.8 Å². The summed E-state index contributed by atoms with van der Waals surface area (Å²) in [4.78, 5) is 31.7. The summed E-state index contributed by atoms with van der Waals surface area (Å²) in [6.45, 7) is 0. The lowest BCUT2D eigenvalue weighted by Crippen LogP contribution is -2.06. The topological polar surface area (TPSA) is 134 Å². The molecule has 0 spiro atoms. The first-order chi connectivity index (χ1) is 13.8. The van der Waals surface area contributed by atoms with E-state index in [2.05, 4.69) is 6.07 Å². The molecule has 0 aliphatic carbocycles. The molecule has 0 aliphatic rings. The molecule has 0 saturated heterocycles. The Kier molecular flexibility index (Phi) is 4.13. The van der Waals surface area contributed by atoms with Crippen LogP contribution in [0.25, 0.3) is 27.5 Å². The maximum absolute atomic E-state index is 11.7. The van der Waals surface area contributed by atoms with E-state index in [1.165, 1.54) is 4.57 Å². The van der Waals surface area contributed by atoms with Gasteiger partial charge in [0.05, 0.1) is 31.9 Å². The predicted octanol–water partition coefficient (Wildman–Crippen LogP) is 4.96. The number of nitrogens with zero attached hydrogens (tertiary/aromatic N) is 4. The summed E-state index contributed by atoms with van der Waals surface area (Å²) in [6, 6.07) is 14.3. The molecule has 0 amide bonds. The number of non-ortho nitro benzene ring substituents is 1. The lowest BCUT2D eigenvalue weighted by atomic mass is 10.2. The SMILES string of the molecule is O=[N+]([O-])c1[c]c([N+](=O)[O-])c(-n2c3ccccc3c3cc(Cl)ccc32)c([N+](=O)[O-])c1. The van der Waals surface area contributed by atoms with Crippen LogP contribution >= 0.6 is 11.6 Å². The number of hydrogen-bond acceptors (Lipinski definition) is 6. The fourth-order valence-corrected chi connectivity index (χ4v) is 3.48. The summed E-state index contributed by atoms with van der Waals surface area (Å²) in [5.41, 5.74) is -2.07. The molecular weight excluding hydrogens is 404 g/mol. The van der Waals surface area contributed by atoms with E-state index in [1.54, 1.807) is 42.5 Å². The number of aromatic nitrogens is 1. The molecule has 10 nitrogen and oxygen atoms in total. The Balaban J connectivity index is 2.26. The molecule has 4 aromatic rings. The monoisotopic (exact) mass is 411 g/mol. The second kappa shape index (κ2) is 6.53. The Hall–Kier alpha value is -4.05. The molecule has 1 aromatic heterocycles. The van der Waals surface area contributed by atoms with Crippen molar-refractivity contribution in [1.82, 2.24) is 4.57 Å². The molecule has 143 valence electrons. The molecule has 0 fully saturated rings. The summed E-state index contributed by atoms with van der Waals surface area (Å²) >= 11 is 6.09. The molecule has 0 saturated carbocycles. The Morgan fingerprint density at radius 3 is 2.17 bits per heavy atom. The largest absolute Gasteiger partial charge is 0.315 e. The van der Waals surface area contributed by atoms with Crippen molar-refractivity contribution in [1.29, 1.82) is 0 Å². The Labute approximate surface area is 166 Å². The Morgan fingerprint density at radius 1 is 0.828 bits per heavy atom. The Bertz CT molecular complexity index is 1330. The quantitative estimate of drug-likeness (QED) is 0.344. The van der Waals surface area contributed by atoms with E-state index in [4.69, 9.17) is 11.6 Å². The van der Waals surface area contributed by atoms with Gasteiger partial charge in [-0.05, 0) is 24.3 Å². The molecule has 0 atom stereocenters. The molecule has 11 heteroatoms. The van der Waals surface area contributed by atoms with Crippen LogP contribution in [-0.2, 0) is 0 Å². The molecule has 0 unspecified atom stereocenters. The number of nitro groups is 3. The van der Waals surface area contributed by atoms with Gasteiger partial charge in [-0.25, -0.2) is 0 Å². The first-order valence-corrected chi connectivity index (χ1v) is 8.40. The van der Waals surface area contributed by atoms with Crippen LogP contribution < -0.4 is 0 Å². The summed E-state index contributed by atoms with van der Waals surface area (Å²) in [7, 11) is 0. The number of halogens is 1. The number of benzene rings is 3. The molecular formula is C18H8ClN4O6. The van der Waals surface area contributed by atoms with Crippen LogP contribution in [-0.4, -0.2) is 19.3 Å². The number of fused-ring (bicyclic) bond motifs is 3. The maximum atomic E-state index is 11.7. The van der Waals surface area contributed by atoms with Gasteiger partial charge in [-0.1, -0.05) is 29.8 Å². The van der Waals surface area contributed by atoms with Crippen LogP contribution in [0.4, 0.5) is 17.1 Å². The smallest absolute Gasteiger partial charge is 0.298 e. The van der Waals surface area contributed by atoms with E-state index in [1.807, 2.05) is 0 Å². The minimum Gasteiger partial charge on any atom is -0.298 e. The van der Waals surface area contributed by atoms with Gasteiger partial charge in [-0.2, -0.15) is 0 Å². The van der Waals surface area contributed by atoms with Crippen LogP contribution in [0.15, 0.2) is 48.5 Å². The van der Waals surface area contributed by atoms with E-state index < -0.39 is 37.5 Å². The highest BCUT2D eigenvalue weighted by Crippen LogP contribution is 2.41. The standard InChI is InChI=1S/C18H8ClN4O6/c19-10-5-6-15-13(7-10)12-3-1-2-4-14(12)20(15)18-16(22(26)27)8-11(21(24)25)9-17(18)23(28)29/h1-8H. The third kappa shape index (κ3) is 2.82. The highest BCUT2D eigenvalue weighted by Gasteiger charge is 2.34. The number of para-hydroxylation sites is 1. The molecule has 1 radical (unpaired) electrons. The van der Waals surface area contributed by atoms with Crippen molar-refractivity contribution >= 4 is 50.5 Å².